The number of hydrogen-bond donors (Lipinski definition) is 3. The van der Waals surface area contributed by atoms with Crippen molar-refractivity contribution >= 4 is 7.69 Å². The monoisotopic (exact) mass is 199 g/mol. The summed E-state index contributed by atoms with van der Waals surface area (Å²) < 4.78 is 5.07. The Hall–Kier alpha value is -0.845. The zero-order valence-corrected chi connectivity index (χ0v) is 8.09. The molecule has 0 bridgehead atoms. The van der Waals surface area contributed by atoms with Crippen LogP contribution >= 0.6 is 0 Å². The number of nitrogens with one attached hydrogen (secondary N) is 1. The molecule has 1 fully saturated rings. The minimum atomic E-state index is 0. The maximum absolute atomic E-state index is 7.00. The van der Waals surface area contributed by atoms with Crippen molar-refractivity contribution in [2.24, 2.45) is 0 Å². The zero-order valence-electron chi connectivity index (χ0n) is 8.09. The fraction of sp³-hybridized carbons (Fsp3) is 0.625. The second-order valence-corrected chi connectivity index (χ2v) is 2.55. The Morgan fingerprint density at radius 3 is 2.00 bits per heavy atom. The lowest BCUT2D eigenvalue weighted by molar-refractivity contribution is 0.0968. The molecular formula is C8H16BN2O3. The molecule has 0 saturated carbocycles. The van der Waals surface area contributed by atoms with Crippen LogP contribution in [0.4, 0.5) is 0 Å². The van der Waals surface area contributed by atoms with Crippen LogP contribution in [-0.2, 0) is 4.74 Å². The molecular weight excluding hydrogens is 183 g/mol. The summed E-state index contributed by atoms with van der Waals surface area (Å²) in [6.07, 6.45) is 7.39. The van der Waals surface area contributed by atoms with Crippen LogP contribution in [0.15, 0.2) is 18.5 Å². The van der Waals surface area contributed by atoms with Gasteiger partial charge in [-0.05, 0) is 25.3 Å². The third-order valence-corrected chi connectivity index (χ3v) is 1.48. The predicted molar refractivity (Wildman–Crippen MR) is 53.4 cm³/mol. The molecule has 3 N–H and O–H groups in total. The third kappa shape index (κ3) is 11.2. The third-order valence-electron chi connectivity index (χ3n) is 1.48. The minimum Gasteiger partial charge on any atom is -0.429 e. The van der Waals surface area contributed by atoms with E-state index in [1.54, 1.807) is 12.4 Å². The van der Waals surface area contributed by atoms with Gasteiger partial charge < -0.3 is 14.8 Å². The molecule has 6 heteroatoms. The minimum absolute atomic E-state index is 0. The predicted octanol–water partition coefficient (Wildman–Crippen LogP) is 0.102. The molecule has 1 aromatic heterocycles. The molecule has 79 valence electrons. The van der Waals surface area contributed by atoms with Gasteiger partial charge in [-0.15, -0.1) is 0 Å². The van der Waals surface area contributed by atoms with Gasteiger partial charge in [-0.2, -0.15) is 5.10 Å². The van der Waals surface area contributed by atoms with Gasteiger partial charge in [-0.25, -0.2) is 0 Å². The van der Waals surface area contributed by atoms with Crippen LogP contribution in [0.1, 0.15) is 19.3 Å². The molecule has 2 heterocycles. The van der Waals surface area contributed by atoms with Crippen LogP contribution in [0.2, 0.25) is 0 Å². The summed E-state index contributed by atoms with van der Waals surface area (Å²) in [4.78, 5) is 0. The van der Waals surface area contributed by atoms with Crippen molar-refractivity contribution in [2.75, 3.05) is 13.2 Å². The summed E-state index contributed by atoms with van der Waals surface area (Å²) in [5.41, 5.74) is 0. The van der Waals surface area contributed by atoms with E-state index < -0.39 is 0 Å². The summed E-state index contributed by atoms with van der Waals surface area (Å²) in [5.74, 6) is 0. The van der Waals surface area contributed by atoms with Gasteiger partial charge in [0.25, 0.3) is 0 Å². The molecule has 2 rings (SSSR count). The van der Waals surface area contributed by atoms with Crippen LogP contribution in [-0.4, -0.2) is 41.1 Å². The number of aromatic nitrogens is 2. The Labute approximate surface area is 84.4 Å². The molecule has 0 aliphatic carbocycles. The first-order valence-corrected chi connectivity index (χ1v) is 4.53. The van der Waals surface area contributed by atoms with Crippen LogP contribution in [0.5, 0.6) is 0 Å². The lowest BCUT2D eigenvalue weighted by Crippen LogP contribution is -2.03. The number of rotatable bonds is 0. The molecule has 1 radical (unpaired) electrons. The van der Waals surface area contributed by atoms with Gasteiger partial charge in [0.05, 0.1) is 0 Å². The van der Waals surface area contributed by atoms with Crippen LogP contribution < -0.4 is 0 Å². The van der Waals surface area contributed by atoms with Gasteiger partial charge in [0, 0.05) is 25.6 Å². The van der Waals surface area contributed by atoms with Crippen LogP contribution in [0.3, 0.4) is 0 Å². The molecule has 1 aromatic rings. The van der Waals surface area contributed by atoms with Crippen molar-refractivity contribution in [1.29, 1.82) is 0 Å². The normalized spacial score (nSPS) is 14.1. The largest absolute Gasteiger partial charge is 0.482 e. The molecule has 5 nitrogen and oxygen atoms in total. The Balaban J connectivity index is 0.000000193. The summed E-state index contributed by atoms with van der Waals surface area (Å²) in [6.45, 7) is 2.00. The van der Waals surface area contributed by atoms with Crippen molar-refractivity contribution in [3.05, 3.63) is 18.5 Å². The Morgan fingerprint density at radius 2 is 1.86 bits per heavy atom. The van der Waals surface area contributed by atoms with Crippen molar-refractivity contribution in [3.8, 4) is 0 Å². The molecule has 0 amide bonds. The number of H-pyrrole nitrogens is 1. The van der Waals surface area contributed by atoms with Crippen molar-refractivity contribution < 1.29 is 14.8 Å². The quantitative estimate of drug-likeness (QED) is 0.518. The van der Waals surface area contributed by atoms with E-state index in [-0.39, 0.29) is 7.69 Å². The van der Waals surface area contributed by atoms with Gasteiger partial charge in [0.2, 0.25) is 0 Å². The van der Waals surface area contributed by atoms with E-state index in [9.17, 15) is 0 Å². The van der Waals surface area contributed by atoms with Crippen LogP contribution in [0.25, 0.3) is 0 Å². The van der Waals surface area contributed by atoms with Gasteiger partial charge in [-0.3, -0.25) is 5.10 Å². The Morgan fingerprint density at radius 1 is 1.21 bits per heavy atom. The highest BCUT2D eigenvalue weighted by atomic mass is 16.5. The number of nitrogens with zero attached hydrogens (tertiary/aromatic N) is 1. The lowest BCUT2D eigenvalue weighted by atomic mass is 10.2. The summed E-state index contributed by atoms with van der Waals surface area (Å²) >= 11 is 0. The Bertz CT molecular complexity index is 140. The second kappa shape index (κ2) is 12.2. The highest BCUT2D eigenvalue weighted by Gasteiger charge is 1.94. The summed E-state index contributed by atoms with van der Waals surface area (Å²) in [5, 5.41) is 20.2. The van der Waals surface area contributed by atoms with Gasteiger partial charge in [0.1, 0.15) is 0 Å². The van der Waals surface area contributed by atoms with Crippen LogP contribution in [0, 0.1) is 0 Å². The van der Waals surface area contributed by atoms with E-state index in [0.29, 0.717) is 0 Å². The number of hydrogen-bond acceptors (Lipinski definition) is 4. The molecule has 0 unspecified atom stereocenters. The summed E-state index contributed by atoms with van der Waals surface area (Å²) in [7, 11) is 0. The van der Waals surface area contributed by atoms with E-state index in [1.807, 2.05) is 6.07 Å². The maximum Gasteiger partial charge on any atom is 0.482 e. The van der Waals surface area contributed by atoms with E-state index >= 15 is 0 Å². The lowest BCUT2D eigenvalue weighted by Gasteiger charge is -2.08. The molecule has 0 atom stereocenters. The van der Waals surface area contributed by atoms with E-state index in [4.69, 9.17) is 14.8 Å². The maximum atomic E-state index is 7.00. The van der Waals surface area contributed by atoms with Crippen molar-refractivity contribution in [3.63, 3.8) is 0 Å². The molecule has 1 aliphatic heterocycles. The second-order valence-electron chi connectivity index (χ2n) is 2.55. The molecule has 1 saturated heterocycles. The molecule has 14 heavy (non-hydrogen) atoms. The first kappa shape index (κ1) is 13.2. The fourth-order valence-corrected chi connectivity index (χ4v) is 0.902. The average molecular weight is 199 g/mol. The number of ether oxygens (including phenoxy) is 1. The smallest absolute Gasteiger partial charge is 0.429 e. The highest BCUT2D eigenvalue weighted by molar-refractivity contribution is 6.13. The summed E-state index contributed by atoms with van der Waals surface area (Å²) in [6, 6.07) is 1.83. The Kier molecular flexibility index (Phi) is 11.4. The first-order chi connectivity index (χ1) is 6.91. The van der Waals surface area contributed by atoms with Crippen molar-refractivity contribution in [1.82, 2.24) is 10.2 Å². The van der Waals surface area contributed by atoms with Gasteiger partial charge >= 0.3 is 7.69 Å². The zero-order chi connectivity index (χ0) is 10.5. The highest BCUT2D eigenvalue weighted by Crippen LogP contribution is 2.02. The SMILES string of the molecule is C1CCOCC1.O[B]O.c1cn[nH]c1. The van der Waals surface area contributed by atoms with E-state index in [2.05, 4.69) is 10.2 Å². The van der Waals surface area contributed by atoms with Gasteiger partial charge in [-0.1, -0.05) is 0 Å². The average Bonchev–Trinajstić information content (AvgIpc) is 2.80. The first-order valence-electron chi connectivity index (χ1n) is 4.53. The standard InChI is InChI=1S/C5H10O.C3H4N2.BH2O2/c1-2-4-6-5-3-1;1-2-4-5-3-1;2-1-3/h1-5H2;1-3H,(H,4,5);2-3H. The van der Waals surface area contributed by atoms with Crippen molar-refractivity contribution in [2.45, 2.75) is 19.3 Å². The van der Waals surface area contributed by atoms with Gasteiger partial charge in [0.15, 0.2) is 0 Å². The molecule has 0 aromatic carbocycles. The topological polar surface area (TPSA) is 78.4 Å². The number of aromatic amines is 1. The van der Waals surface area contributed by atoms with E-state index in [1.165, 1.54) is 19.3 Å². The molecule has 1 aliphatic rings. The van der Waals surface area contributed by atoms with E-state index in [0.717, 1.165) is 13.2 Å². The fourth-order valence-electron chi connectivity index (χ4n) is 0.902. The molecule has 0 spiro atoms.